The Morgan fingerprint density at radius 1 is 1.60 bits per heavy atom. The van der Waals surface area contributed by atoms with Crippen molar-refractivity contribution in [1.82, 2.24) is 20.1 Å². The molecule has 2 rings (SSSR count). The van der Waals surface area contributed by atoms with E-state index < -0.39 is 5.67 Å². The molecule has 0 aromatic carbocycles. The van der Waals surface area contributed by atoms with Crippen molar-refractivity contribution in [1.29, 1.82) is 0 Å². The zero-order valence-corrected chi connectivity index (χ0v) is 9.20. The maximum absolute atomic E-state index is 13.8. The second kappa shape index (κ2) is 3.89. The van der Waals surface area contributed by atoms with Gasteiger partial charge in [-0.2, -0.15) is 5.10 Å². The van der Waals surface area contributed by atoms with Gasteiger partial charge in [-0.05, 0) is 5.92 Å². The van der Waals surface area contributed by atoms with Gasteiger partial charge in [0.15, 0.2) is 0 Å². The SMILES string of the molecule is CC(C)Cn1ncnc1CC1(F)CNC1. The van der Waals surface area contributed by atoms with Gasteiger partial charge in [0.2, 0.25) is 0 Å². The molecule has 0 saturated carbocycles. The summed E-state index contributed by atoms with van der Waals surface area (Å²) in [5.41, 5.74) is -1.11. The summed E-state index contributed by atoms with van der Waals surface area (Å²) in [4.78, 5) is 4.12. The first-order valence-electron chi connectivity index (χ1n) is 5.35. The molecule has 2 heterocycles. The number of hydrogen-bond donors (Lipinski definition) is 1. The molecule has 0 aliphatic carbocycles. The van der Waals surface area contributed by atoms with Crippen molar-refractivity contribution in [3.05, 3.63) is 12.2 Å². The van der Waals surface area contributed by atoms with Crippen molar-refractivity contribution in [3.8, 4) is 0 Å². The Morgan fingerprint density at radius 2 is 2.33 bits per heavy atom. The highest BCUT2D eigenvalue weighted by atomic mass is 19.1. The maximum atomic E-state index is 13.8. The van der Waals surface area contributed by atoms with Crippen LogP contribution in [0.25, 0.3) is 0 Å². The average molecular weight is 212 g/mol. The molecule has 0 radical (unpaired) electrons. The molecule has 0 spiro atoms. The monoisotopic (exact) mass is 212 g/mol. The minimum atomic E-state index is -1.11. The van der Waals surface area contributed by atoms with E-state index in [0.29, 0.717) is 25.4 Å². The van der Waals surface area contributed by atoms with Crippen LogP contribution >= 0.6 is 0 Å². The van der Waals surface area contributed by atoms with E-state index in [0.717, 1.165) is 12.4 Å². The zero-order chi connectivity index (χ0) is 10.9. The Hall–Kier alpha value is -0.970. The molecule has 84 valence electrons. The average Bonchev–Trinajstić information content (AvgIpc) is 2.49. The van der Waals surface area contributed by atoms with Gasteiger partial charge in [0.05, 0.1) is 0 Å². The topological polar surface area (TPSA) is 42.7 Å². The van der Waals surface area contributed by atoms with Gasteiger partial charge in [-0.1, -0.05) is 13.8 Å². The van der Waals surface area contributed by atoms with Crippen molar-refractivity contribution >= 4 is 0 Å². The Kier molecular flexibility index (Phi) is 2.73. The minimum absolute atomic E-state index is 0.368. The number of hydrogen-bond acceptors (Lipinski definition) is 3. The molecule has 0 bridgehead atoms. The molecule has 0 amide bonds. The van der Waals surface area contributed by atoms with Gasteiger partial charge in [-0.15, -0.1) is 0 Å². The number of rotatable bonds is 4. The highest BCUT2D eigenvalue weighted by Crippen LogP contribution is 2.21. The van der Waals surface area contributed by atoms with Gasteiger partial charge in [-0.3, -0.25) is 0 Å². The summed E-state index contributed by atoms with van der Waals surface area (Å²) in [5.74, 6) is 1.26. The Morgan fingerprint density at radius 3 is 2.87 bits per heavy atom. The van der Waals surface area contributed by atoms with Crippen molar-refractivity contribution in [2.45, 2.75) is 32.5 Å². The first-order valence-corrected chi connectivity index (χ1v) is 5.35. The van der Waals surface area contributed by atoms with Crippen LogP contribution in [0.15, 0.2) is 6.33 Å². The fourth-order valence-electron chi connectivity index (χ4n) is 1.73. The molecule has 1 aromatic rings. The second-order valence-corrected chi connectivity index (χ2v) is 4.68. The van der Waals surface area contributed by atoms with Gasteiger partial charge in [0.1, 0.15) is 17.8 Å². The standard InChI is InChI=1S/C10H17FN4/c1-8(2)4-15-9(13-7-14-15)3-10(11)5-12-6-10/h7-8,12H,3-6H2,1-2H3. The summed E-state index contributed by atoms with van der Waals surface area (Å²) in [6, 6.07) is 0. The predicted octanol–water partition coefficient (Wildman–Crippen LogP) is 0.788. The van der Waals surface area contributed by atoms with Crippen molar-refractivity contribution in [2.24, 2.45) is 5.92 Å². The Balaban J connectivity index is 2.04. The fraction of sp³-hybridized carbons (Fsp3) is 0.800. The molecule has 1 aliphatic heterocycles. The van der Waals surface area contributed by atoms with E-state index in [1.54, 1.807) is 0 Å². The van der Waals surface area contributed by atoms with Crippen molar-refractivity contribution in [3.63, 3.8) is 0 Å². The highest BCUT2D eigenvalue weighted by molar-refractivity contribution is 5.02. The van der Waals surface area contributed by atoms with Crippen LogP contribution in [0.3, 0.4) is 0 Å². The summed E-state index contributed by atoms with van der Waals surface area (Å²) < 4.78 is 15.7. The van der Waals surface area contributed by atoms with Crippen LogP contribution in [0, 0.1) is 5.92 Å². The number of alkyl halides is 1. The van der Waals surface area contributed by atoms with Gasteiger partial charge in [-0.25, -0.2) is 14.1 Å². The lowest BCUT2D eigenvalue weighted by atomic mass is 9.95. The van der Waals surface area contributed by atoms with Crippen LogP contribution in [-0.2, 0) is 13.0 Å². The van der Waals surface area contributed by atoms with E-state index in [1.165, 1.54) is 6.33 Å². The van der Waals surface area contributed by atoms with E-state index >= 15 is 0 Å². The van der Waals surface area contributed by atoms with Gasteiger partial charge in [0, 0.05) is 26.1 Å². The molecule has 0 atom stereocenters. The summed E-state index contributed by atoms with van der Waals surface area (Å²) in [6.45, 7) is 5.89. The third kappa shape index (κ3) is 2.34. The molecule has 5 heteroatoms. The number of halogens is 1. The van der Waals surface area contributed by atoms with Crippen LogP contribution < -0.4 is 5.32 Å². The molecule has 1 N–H and O–H groups in total. The molecule has 15 heavy (non-hydrogen) atoms. The number of nitrogens with zero attached hydrogens (tertiary/aromatic N) is 3. The van der Waals surface area contributed by atoms with E-state index in [2.05, 4.69) is 29.2 Å². The van der Waals surface area contributed by atoms with E-state index in [4.69, 9.17) is 0 Å². The Labute approximate surface area is 88.9 Å². The first kappa shape index (κ1) is 10.5. The molecule has 1 fully saturated rings. The van der Waals surface area contributed by atoms with E-state index in [1.807, 2.05) is 4.68 Å². The van der Waals surface area contributed by atoms with Gasteiger partial charge < -0.3 is 5.32 Å². The summed E-state index contributed by atoms with van der Waals surface area (Å²) in [7, 11) is 0. The molecular weight excluding hydrogens is 195 g/mol. The molecule has 1 aliphatic rings. The van der Waals surface area contributed by atoms with Crippen molar-refractivity contribution < 1.29 is 4.39 Å². The summed E-state index contributed by atoms with van der Waals surface area (Å²) in [5, 5.41) is 7.06. The van der Waals surface area contributed by atoms with Crippen LogP contribution in [0.5, 0.6) is 0 Å². The quantitative estimate of drug-likeness (QED) is 0.802. The third-order valence-electron chi connectivity index (χ3n) is 2.59. The number of nitrogens with one attached hydrogen (secondary N) is 1. The van der Waals surface area contributed by atoms with Crippen molar-refractivity contribution in [2.75, 3.05) is 13.1 Å². The molecular formula is C10H17FN4. The van der Waals surface area contributed by atoms with E-state index in [-0.39, 0.29) is 0 Å². The molecule has 0 unspecified atom stereocenters. The normalized spacial score (nSPS) is 19.2. The summed E-state index contributed by atoms with van der Waals surface area (Å²) in [6.07, 6.45) is 1.87. The predicted molar refractivity (Wildman–Crippen MR) is 55.3 cm³/mol. The fourth-order valence-corrected chi connectivity index (χ4v) is 1.73. The number of aromatic nitrogens is 3. The lowest BCUT2D eigenvalue weighted by Crippen LogP contribution is -2.57. The Bertz CT molecular complexity index is 330. The van der Waals surface area contributed by atoms with Gasteiger partial charge >= 0.3 is 0 Å². The van der Waals surface area contributed by atoms with Gasteiger partial charge in [0.25, 0.3) is 0 Å². The third-order valence-corrected chi connectivity index (χ3v) is 2.59. The van der Waals surface area contributed by atoms with E-state index in [9.17, 15) is 4.39 Å². The smallest absolute Gasteiger partial charge is 0.142 e. The molecule has 1 saturated heterocycles. The zero-order valence-electron chi connectivity index (χ0n) is 9.20. The second-order valence-electron chi connectivity index (χ2n) is 4.68. The van der Waals surface area contributed by atoms with Crippen LogP contribution in [0.1, 0.15) is 19.7 Å². The van der Waals surface area contributed by atoms with Crippen LogP contribution in [0.4, 0.5) is 4.39 Å². The minimum Gasteiger partial charge on any atom is -0.310 e. The summed E-state index contributed by atoms with van der Waals surface area (Å²) >= 11 is 0. The maximum Gasteiger partial charge on any atom is 0.142 e. The highest BCUT2D eigenvalue weighted by Gasteiger charge is 2.38. The first-order chi connectivity index (χ1) is 7.09. The van der Waals surface area contributed by atoms with Crippen LogP contribution in [0.2, 0.25) is 0 Å². The molecule has 1 aromatic heterocycles. The largest absolute Gasteiger partial charge is 0.310 e. The lowest BCUT2D eigenvalue weighted by Gasteiger charge is -2.34. The van der Waals surface area contributed by atoms with Crippen LogP contribution in [-0.4, -0.2) is 33.5 Å². The molecule has 4 nitrogen and oxygen atoms in total. The lowest BCUT2D eigenvalue weighted by molar-refractivity contribution is 0.0871.